The smallest absolute Gasteiger partial charge is 0.123 e. The van der Waals surface area contributed by atoms with E-state index in [1.165, 1.54) is 12.1 Å². The molecular formula is C15H22FNO2. The van der Waals surface area contributed by atoms with Crippen LogP contribution in [0, 0.1) is 11.7 Å². The van der Waals surface area contributed by atoms with Crippen molar-refractivity contribution in [2.24, 2.45) is 5.92 Å². The molecule has 3 nitrogen and oxygen atoms in total. The second-order valence-corrected chi connectivity index (χ2v) is 5.63. The van der Waals surface area contributed by atoms with Crippen molar-refractivity contribution in [3.8, 4) is 5.75 Å². The van der Waals surface area contributed by atoms with Gasteiger partial charge in [0.2, 0.25) is 0 Å². The van der Waals surface area contributed by atoms with E-state index in [1.807, 2.05) is 0 Å². The quantitative estimate of drug-likeness (QED) is 0.797. The second-order valence-electron chi connectivity index (χ2n) is 5.63. The van der Waals surface area contributed by atoms with Gasteiger partial charge in [-0.2, -0.15) is 0 Å². The molecule has 0 radical (unpaired) electrons. The normalized spacial score (nSPS) is 18.4. The molecule has 2 N–H and O–H groups in total. The highest BCUT2D eigenvalue weighted by atomic mass is 19.1. The minimum Gasteiger partial charge on any atom is -0.492 e. The molecule has 1 aromatic rings. The maximum absolute atomic E-state index is 12.8. The van der Waals surface area contributed by atoms with Gasteiger partial charge < -0.3 is 15.2 Å². The van der Waals surface area contributed by atoms with Gasteiger partial charge in [-0.1, -0.05) is 13.8 Å². The lowest BCUT2D eigenvalue weighted by Gasteiger charge is -2.35. The number of aliphatic hydroxyl groups is 1. The summed E-state index contributed by atoms with van der Waals surface area (Å²) in [5.74, 6) is 0.814. The Morgan fingerprint density at radius 2 is 2.00 bits per heavy atom. The fourth-order valence-corrected chi connectivity index (χ4v) is 2.45. The van der Waals surface area contributed by atoms with Crippen LogP contribution >= 0.6 is 0 Å². The van der Waals surface area contributed by atoms with Crippen LogP contribution in [0.2, 0.25) is 0 Å². The van der Waals surface area contributed by atoms with Gasteiger partial charge >= 0.3 is 0 Å². The molecule has 0 saturated heterocycles. The minimum absolute atomic E-state index is 0.0526. The van der Waals surface area contributed by atoms with Gasteiger partial charge in [-0.15, -0.1) is 0 Å². The summed E-state index contributed by atoms with van der Waals surface area (Å²) in [5.41, 5.74) is -0.386. The van der Waals surface area contributed by atoms with Crippen molar-refractivity contribution in [3.05, 3.63) is 30.1 Å². The number of rotatable bonds is 7. The maximum Gasteiger partial charge on any atom is 0.123 e. The zero-order chi connectivity index (χ0) is 13.9. The number of benzene rings is 1. The lowest BCUT2D eigenvalue weighted by molar-refractivity contribution is 0.0778. The van der Waals surface area contributed by atoms with Gasteiger partial charge in [0.15, 0.2) is 0 Å². The summed E-state index contributed by atoms with van der Waals surface area (Å²) < 4.78 is 18.6. The molecule has 1 fully saturated rings. The van der Waals surface area contributed by atoms with Crippen molar-refractivity contribution in [3.63, 3.8) is 0 Å². The van der Waals surface area contributed by atoms with Crippen LogP contribution in [-0.2, 0) is 0 Å². The molecule has 4 heteroatoms. The van der Waals surface area contributed by atoms with Gasteiger partial charge in [-0.05, 0) is 43.0 Å². The van der Waals surface area contributed by atoms with E-state index in [-0.39, 0.29) is 24.0 Å². The highest BCUT2D eigenvalue weighted by molar-refractivity contribution is 5.22. The Morgan fingerprint density at radius 1 is 1.37 bits per heavy atom. The first kappa shape index (κ1) is 14.3. The summed E-state index contributed by atoms with van der Waals surface area (Å²) in [7, 11) is 0. The Balaban J connectivity index is 2.01. The van der Waals surface area contributed by atoms with E-state index in [9.17, 15) is 9.50 Å². The summed E-state index contributed by atoms with van der Waals surface area (Å²) in [6, 6.07) is 6.26. The molecule has 0 heterocycles. The first-order valence-corrected chi connectivity index (χ1v) is 6.83. The van der Waals surface area contributed by atoms with Crippen molar-refractivity contribution in [1.82, 2.24) is 5.32 Å². The topological polar surface area (TPSA) is 41.5 Å². The summed E-state index contributed by atoms with van der Waals surface area (Å²) in [6.07, 6.45) is 2.24. The van der Waals surface area contributed by atoms with E-state index in [0.29, 0.717) is 18.3 Å². The minimum atomic E-state index is -0.386. The molecule has 0 aliphatic heterocycles. The van der Waals surface area contributed by atoms with Gasteiger partial charge in [0.25, 0.3) is 0 Å². The molecule has 2 rings (SSSR count). The Kier molecular flexibility index (Phi) is 4.42. The van der Waals surface area contributed by atoms with E-state index in [1.54, 1.807) is 12.1 Å². The molecule has 0 bridgehead atoms. The molecule has 1 unspecified atom stereocenters. The largest absolute Gasteiger partial charge is 0.492 e. The van der Waals surface area contributed by atoms with Crippen LogP contribution in [0.1, 0.15) is 26.7 Å². The molecule has 0 amide bonds. The standard InChI is InChI=1S/C15H22FNO2/c1-11(2)17-15(9-18,12-3-4-12)10-19-14-7-5-13(16)6-8-14/h5-8,11-12,17-18H,3-4,9-10H2,1-2H3. The number of halogens is 1. The molecule has 1 aromatic carbocycles. The number of aliphatic hydroxyl groups excluding tert-OH is 1. The Bertz CT molecular complexity index is 403. The van der Waals surface area contributed by atoms with Crippen molar-refractivity contribution in [2.45, 2.75) is 38.3 Å². The molecule has 0 aromatic heterocycles. The van der Waals surface area contributed by atoms with Crippen LogP contribution in [-0.4, -0.2) is 29.9 Å². The lowest BCUT2D eigenvalue weighted by atomic mass is 9.94. The van der Waals surface area contributed by atoms with E-state index in [2.05, 4.69) is 19.2 Å². The van der Waals surface area contributed by atoms with E-state index >= 15 is 0 Å². The van der Waals surface area contributed by atoms with Gasteiger partial charge in [-0.25, -0.2) is 4.39 Å². The van der Waals surface area contributed by atoms with Crippen LogP contribution in [0.3, 0.4) is 0 Å². The molecule has 1 aliphatic carbocycles. The molecule has 1 aliphatic rings. The van der Waals surface area contributed by atoms with Gasteiger partial charge in [-0.3, -0.25) is 0 Å². The molecule has 1 saturated carbocycles. The third-order valence-corrected chi connectivity index (χ3v) is 3.53. The molecule has 106 valence electrons. The van der Waals surface area contributed by atoms with Crippen molar-refractivity contribution < 1.29 is 14.2 Å². The summed E-state index contributed by atoms with van der Waals surface area (Å²) >= 11 is 0. The summed E-state index contributed by atoms with van der Waals surface area (Å²) in [6.45, 7) is 4.57. The van der Waals surface area contributed by atoms with E-state index in [0.717, 1.165) is 12.8 Å². The average Bonchev–Trinajstić information content (AvgIpc) is 3.20. The molecule has 0 spiro atoms. The Morgan fingerprint density at radius 3 is 2.47 bits per heavy atom. The van der Waals surface area contributed by atoms with E-state index < -0.39 is 0 Å². The van der Waals surface area contributed by atoms with Crippen molar-refractivity contribution >= 4 is 0 Å². The third kappa shape index (κ3) is 3.67. The number of hydrogen-bond donors (Lipinski definition) is 2. The summed E-state index contributed by atoms with van der Waals surface area (Å²) in [5, 5.41) is 13.2. The first-order valence-electron chi connectivity index (χ1n) is 6.83. The molecule has 1 atom stereocenters. The monoisotopic (exact) mass is 267 g/mol. The van der Waals surface area contributed by atoms with Crippen LogP contribution in [0.25, 0.3) is 0 Å². The van der Waals surface area contributed by atoms with Gasteiger partial charge in [0, 0.05) is 6.04 Å². The Labute approximate surface area is 113 Å². The first-order chi connectivity index (χ1) is 9.05. The van der Waals surface area contributed by atoms with Crippen LogP contribution in [0.4, 0.5) is 4.39 Å². The highest BCUT2D eigenvalue weighted by Gasteiger charge is 2.45. The third-order valence-electron chi connectivity index (χ3n) is 3.53. The van der Waals surface area contributed by atoms with E-state index in [4.69, 9.17) is 4.74 Å². The summed E-state index contributed by atoms with van der Waals surface area (Å²) in [4.78, 5) is 0. The number of hydrogen-bond acceptors (Lipinski definition) is 3. The number of nitrogens with one attached hydrogen (secondary N) is 1. The molecule has 19 heavy (non-hydrogen) atoms. The number of ether oxygens (including phenoxy) is 1. The Hall–Kier alpha value is -1.13. The SMILES string of the molecule is CC(C)NC(CO)(COc1ccc(F)cc1)C1CC1. The fraction of sp³-hybridized carbons (Fsp3) is 0.600. The zero-order valence-corrected chi connectivity index (χ0v) is 11.5. The highest BCUT2D eigenvalue weighted by Crippen LogP contribution is 2.40. The van der Waals surface area contributed by atoms with Gasteiger partial charge in [0.1, 0.15) is 18.2 Å². The molecular weight excluding hydrogens is 245 g/mol. The van der Waals surface area contributed by atoms with Crippen LogP contribution in [0.15, 0.2) is 24.3 Å². The van der Waals surface area contributed by atoms with Crippen molar-refractivity contribution in [2.75, 3.05) is 13.2 Å². The fourth-order valence-electron chi connectivity index (χ4n) is 2.45. The van der Waals surface area contributed by atoms with Crippen LogP contribution < -0.4 is 10.1 Å². The zero-order valence-electron chi connectivity index (χ0n) is 11.5. The predicted molar refractivity (Wildman–Crippen MR) is 72.7 cm³/mol. The maximum atomic E-state index is 12.8. The van der Waals surface area contributed by atoms with Gasteiger partial charge in [0.05, 0.1) is 12.1 Å². The predicted octanol–water partition coefficient (Wildman–Crippen LogP) is 2.34. The van der Waals surface area contributed by atoms with Crippen molar-refractivity contribution in [1.29, 1.82) is 0 Å². The average molecular weight is 267 g/mol. The van der Waals surface area contributed by atoms with Crippen LogP contribution in [0.5, 0.6) is 5.75 Å². The second kappa shape index (κ2) is 5.88. The lowest BCUT2D eigenvalue weighted by Crippen LogP contribution is -2.57.